The molecule has 4 nitrogen and oxygen atoms in total. The van der Waals surface area contributed by atoms with Gasteiger partial charge in [0.2, 0.25) is 10.0 Å². The molecule has 0 spiro atoms. The Morgan fingerprint density at radius 2 is 1.90 bits per heavy atom. The Hall–Kier alpha value is -1.14. The van der Waals surface area contributed by atoms with Crippen molar-refractivity contribution in [2.45, 2.75) is 11.4 Å². The number of sulfonamides is 1. The minimum absolute atomic E-state index is 0.102. The van der Waals surface area contributed by atoms with Gasteiger partial charge in [-0.15, -0.1) is 0 Å². The highest BCUT2D eigenvalue weighted by atomic mass is 35.5. The van der Waals surface area contributed by atoms with Gasteiger partial charge in [0.1, 0.15) is 0 Å². The van der Waals surface area contributed by atoms with Crippen molar-refractivity contribution in [2.75, 3.05) is 7.05 Å². The van der Waals surface area contributed by atoms with Crippen molar-refractivity contribution in [1.82, 2.24) is 9.29 Å². The molecule has 0 aliphatic carbocycles. The molecular weight excluding hydrogens is 319 g/mol. The van der Waals surface area contributed by atoms with Crippen molar-refractivity contribution in [3.05, 3.63) is 58.3 Å². The van der Waals surface area contributed by atoms with E-state index in [4.69, 9.17) is 23.2 Å². The summed E-state index contributed by atoms with van der Waals surface area (Å²) in [6.45, 7) is 0.184. The summed E-state index contributed by atoms with van der Waals surface area (Å²) in [4.78, 5) is 4.21. The molecule has 0 saturated heterocycles. The van der Waals surface area contributed by atoms with Crippen LogP contribution in [0.2, 0.25) is 10.0 Å². The lowest BCUT2D eigenvalue weighted by Crippen LogP contribution is -2.26. The zero-order valence-corrected chi connectivity index (χ0v) is 13.0. The highest BCUT2D eigenvalue weighted by Gasteiger charge is 2.22. The van der Waals surface area contributed by atoms with Crippen LogP contribution in [-0.2, 0) is 16.6 Å². The van der Waals surface area contributed by atoms with Crippen molar-refractivity contribution in [3.63, 3.8) is 0 Å². The molecule has 0 amide bonds. The Balaban J connectivity index is 2.27. The van der Waals surface area contributed by atoms with Crippen molar-refractivity contribution >= 4 is 33.2 Å². The van der Waals surface area contributed by atoms with Gasteiger partial charge in [0.15, 0.2) is 0 Å². The van der Waals surface area contributed by atoms with E-state index in [2.05, 4.69) is 4.98 Å². The molecule has 0 unspecified atom stereocenters. The first-order chi connectivity index (χ1) is 9.41. The van der Waals surface area contributed by atoms with E-state index in [0.717, 1.165) is 0 Å². The third-order valence-corrected chi connectivity index (χ3v) is 5.25. The largest absolute Gasteiger partial charge is 0.260 e. The fourth-order valence-corrected chi connectivity index (χ4v) is 3.15. The number of benzene rings is 1. The van der Waals surface area contributed by atoms with Crippen LogP contribution in [0.4, 0.5) is 0 Å². The SMILES string of the molecule is CN(Cc1ccccn1)S(=O)(=O)c1ccc(Cl)c(Cl)c1. The van der Waals surface area contributed by atoms with E-state index in [1.165, 1.54) is 29.6 Å². The van der Waals surface area contributed by atoms with E-state index in [-0.39, 0.29) is 16.5 Å². The Morgan fingerprint density at radius 1 is 1.15 bits per heavy atom. The van der Waals surface area contributed by atoms with Crippen LogP contribution in [0.3, 0.4) is 0 Å². The van der Waals surface area contributed by atoms with E-state index < -0.39 is 10.0 Å². The van der Waals surface area contributed by atoms with E-state index in [1.54, 1.807) is 18.3 Å². The third kappa shape index (κ3) is 3.30. The standard InChI is InChI=1S/C13H12Cl2N2O2S/c1-17(9-10-4-2-3-7-16-10)20(18,19)11-5-6-12(14)13(15)8-11/h2-8H,9H2,1H3. The van der Waals surface area contributed by atoms with Gasteiger partial charge in [0.05, 0.1) is 27.2 Å². The summed E-state index contributed by atoms with van der Waals surface area (Å²) in [7, 11) is -2.13. The quantitative estimate of drug-likeness (QED) is 0.864. The number of rotatable bonds is 4. The third-order valence-electron chi connectivity index (χ3n) is 2.71. The maximum atomic E-state index is 12.4. The zero-order valence-electron chi connectivity index (χ0n) is 10.6. The molecule has 0 radical (unpaired) electrons. The highest BCUT2D eigenvalue weighted by molar-refractivity contribution is 7.89. The Labute approximate surface area is 128 Å². The minimum atomic E-state index is -3.63. The van der Waals surface area contributed by atoms with Gasteiger partial charge in [0.25, 0.3) is 0 Å². The van der Waals surface area contributed by atoms with Gasteiger partial charge < -0.3 is 0 Å². The molecule has 0 N–H and O–H groups in total. The molecule has 0 atom stereocenters. The van der Waals surface area contributed by atoms with Gasteiger partial charge in [-0.05, 0) is 30.3 Å². The summed E-state index contributed by atoms with van der Waals surface area (Å²) < 4.78 is 26.0. The van der Waals surface area contributed by atoms with Crippen LogP contribution in [0.1, 0.15) is 5.69 Å². The molecule has 0 aliphatic rings. The Bertz CT molecular complexity index is 706. The number of pyridine rings is 1. The zero-order chi connectivity index (χ0) is 14.8. The first kappa shape index (κ1) is 15.3. The maximum absolute atomic E-state index is 12.4. The van der Waals surface area contributed by atoms with Crippen molar-refractivity contribution < 1.29 is 8.42 Å². The number of nitrogens with zero attached hydrogens (tertiary/aromatic N) is 2. The average molecular weight is 331 g/mol. The summed E-state index contributed by atoms with van der Waals surface area (Å²) in [6.07, 6.45) is 1.62. The van der Waals surface area contributed by atoms with Crippen LogP contribution < -0.4 is 0 Å². The van der Waals surface area contributed by atoms with Gasteiger partial charge in [-0.2, -0.15) is 4.31 Å². The van der Waals surface area contributed by atoms with Gasteiger partial charge in [0, 0.05) is 13.2 Å². The fraction of sp³-hybridized carbons (Fsp3) is 0.154. The first-order valence-electron chi connectivity index (χ1n) is 5.72. The van der Waals surface area contributed by atoms with Crippen LogP contribution in [0.25, 0.3) is 0 Å². The van der Waals surface area contributed by atoms with Crippen molar-refractivity contribution in [1.29, 1.82) is 0 Å². The second kappa shape index (κ2) is 6.10. The fourth-order valence-electron chi connectivity index (χ4n) is 1.62. The molecule has 0 saturated carbocycles. The van der Waals surface area contributed by atoms with Crippen LogP contribution >= 0.6 is 23.2 Å². The van der Waals surface area contributed by atoms with Crippen molar-refractivity contribution in [2.24, 2.45) is 0 Å². The number of hydrogen-bond acceptors (Lipinski definition) is 3. The molecular formula is C13H12Cl2N2O2S. The summed E-state index contributed by atoms with van der Waals surface area (Å²) in [5.41, 5.74) is 0.665. The predicted molar refractivity (Wildman–Crippen MR) is 79.4 cm³/mol. The van der Waals surface area contributed by atoms with E-state index in [0.29, 0.717) is 10.7 Å². The van der Waals surface area contributed by atoms with Gasteiger partial charge >= 0.3 is 0 Å². The van der Waals surface area contributed by atoms with Gasteiger partial charge in [-0.25, -0.2) is 8.42 Å². The molecule has 1 aromatic heterocycles. The monoisotopic (exact) mass is 330 g/mol. The second-order valence-corrected chi connectivity index (χ2v) is 7.02. The number of aromatic nitrogens is 1. The normalized spacial score (nSPS) is 11.8. The van der Waals surface area contributed by atoms with Crippen LogP contribution in [0.15, 0.2) is 47.5 Å². The lowest BCUT2D eigenvalue weighted by atomic mass is 10.3. The van der Waals surface area contributed by atoms with Crippen LogP contribution in [0, 0.1) is 0 Å². The molecule has 106 valence electrons. The summed E-state index contributed by atoms with van der Waals surface area (Å²) in [6, 6.07) is 9.58. The van der Waals surface area contributed by atoms with Crippen LogP contribution in [0.5, 0.6) is 0 Å². The maximum Gasteiger partial charge on any atom is 0.243 e. The molecule has 1 heterocycles. The smallest absolute Gasteiger partial charge is 0.243 e. The predicted octanol–water partition coefficient (Wildman–Crippen LogP) is 3.21. The molecule has 0 bridgehead atoms. The summed E-state index contributed by atoms with van der Waals surface area (Å²) in [5.74, 6) is 0. The van der Waals surface area contributed by atoms with Crippen LogP contribution in [-0.4, -0.2) is 24.8 Å². The van der Waals surface area contributed by atoms with Crippen molar-refractivity contribution in [3.8, 4) is 0 Å². The van der Waals surface area contributed by atoms with Gasteiger partial charge in [-0.3, -0.25) is 4.98 Å². The van der Waals surface area contributed by atoms with E-state index >= 15 is 0 Å². The minimum Gasteiger partial charge on any atom is -0.260 e. The van der Waals surface area contributed by atoms with Gasteiger partial charge in [-0.1, -0.05) is 29.3 Å². The second-order valence-electron chi connectivity index (χ2n) is 4.16. The Kier molecular flexibility index (Phi) is 4.65. The van der Waals surface area contributed by atoms with E-state index in [9.17, 15) is 8.42 Å². The molecule has 7 heteroatoms. The first-order valence-corrected chi connectivity index (χ1v) is 7.92. The molecule has 2 aromatic rings. The molecule has 0 fully saturated rings. The van der Waals surface area contributed by atoms with E-state index in [1.807, 2.05) is 6.07 Å². The molecule has 1 aromatic carbocycles. The Morgan fingerprint density at radius 3 is 2.50 bits per heavy atom. The molecule has 20 heavy (non-hydrogen) atoms. The topological polar surface area (TPSA) is 50.3 Å². The summed E-state index contributed by atoms with van der Waals surface area (Å²) in [5, 5.41) is 0.525. The summed E-state index contributed by atoms with van der Waals surface area (Å²) >= 11 is 11.6. The number of hydrogen-bond donors (Lipinski definition) is 0. The lowest BCUT2D eigenvalue weighted by Gasteiger charge is -2.17. The molecule has 2 rings (SSSR count). The molecule has 0 aliphatic heterocycles. The highest BCUT2D eigenvalue weighted by Crippen LogP contribution is 2.26. The average Bonchev–Trinajstić information content (AvgIpc) is 2.42. The lowest BCUT2D eigenvalue weighted by molar-refractivity contribution is 0.462. The number of halogens is 2.